The van der Waals surface area contributed by atoms with E-state index in [4.69, 9.17) is 0 Å². The van der Waals surface area contributed by atoms with Gasteiger partial charge in [-0.15, -0.1) is 0 Å². The van der Waals surface area contributed by atoms with E-state index in [2.05, 4.69) is 44.4 Å². The molecule has 0 aromatic rings. The second-order valence-corrected chi connectivity index (χ2v) is 4.79. The molecule has 0 atom stereocenters. The predicted octanol–water partition coefficient (Wildman–Crippen LogP) is 1.99. The summed E-state index contributed by atoms with van der Waals surface area (Å²) < 4.78 is 0. The van der Waals surface area contributed by atoms with Crippen LogP contribution in [-0.2, 0) is 0 Å². The summed E-state index contributed by atoms with van der Waals surface area (Å²) in [5, 5.41) is 0. The van der Waals surface area contributed by atoms with Crippen LogP contribution in [-0.4, -0.2) is 24.5 Å². The topological polar surface area (TPSA) is 3.24 Å². The normalized spacial score (nSPS) is 21.4. The average Bonchev–Trinajstić information content (AvgIpc) is 1.82. The molecule has 1 heteroatoms. The van der Waals surface area contributed by atoms with Crippen LogP contribution in [0.2, 0.25) is 0 Å². The molecule has 0 bridgehead atoms. The number of nitrogens with zero attached hydrogens (tertiary/aromatic N) is 1. The van der Waals surface area contributed by atoms with E-state index in [1.165, 1.54) is 13.1 Å². The Balaban J connectivity index is 2.17. The molecule has 0 saturated carbocycles. The lowest BCUT2D eigenvalue weighted by Crippen LogP contribution is -2.52. The summed E-state index contributed by atoms with van der Waals surface area (Å²) in [5.74, 6) is 6.89. The molecule has 1 nitrogen and oxygen atoms in total. The average molecular weight is 165 g/mol. The van der Waals surface area contributed by atoms with Gasteiger partial charge in [-0.1, -0.05) is 39.5 Å². The summed E-state index contributed by atoms with van der Waals surface area (Å²) in [4.78, 5) is 2.40. The van der Waals surface area contributed by atoms with Crippen molar-refractivity contribution in [2.24, 2.45) is 11.3 Å². The van der Waals surface area contributed by atoms with Gasteiger partial charge < -0.3 is 0 Å². The Kier molecular flexibility index (Phi) is 2.80. The Hall–Kier alpha value is -0.480. The Bertz CT molecular complexity index is 197. The first-order valence-electron chi connectivity index (χ1n) is 4.70. The van der Waals surface area contributed by atoms with E-state index in [1.54, 1.807) is 0 Å². The van der Waals surface area contributed by atoms with E-state index < -0.39 is 0 Å². The highest BCUT2D eigenvalue weighted by atomic mass is 15.2. The monoisotopic (exact) mass is 165 g/mol. The molecule has 0 unspecified atom stereocenters. The summed E-state index contributed by atoms with van der Waals surface area (Å²) in [5.41, 5.74) is 0.541. The van der Waals surface area contributed by atoms with Crippen molar-refractivity contribution in [2.75, 3.05) is 19.6 Å². The lowest BCUT2D eigenvalue weighted by atomic mass is 9.84. The Morgan fingerprint density at radius 2 is 1.92 bits per heavy atom. The van der Waals surface area contributed by atoms with Gasteiger partial charge in [0.25, 0.3) is 0 Å². The molecule has 0 spiro atoms. The van der Waals surface area contributed by atoms with E-state index >= 15 is 0 Å². The van der Waals surface area contributed by atoms with Crippen LogP contribution in [0.25, 0.3) is 0 Å². The molecule has 0 aromatic carbocycles. The van der Waals surface area contributed by atoms with E-state index in [1.807, 2.05) is 0 Å². The van der Waals surface area contributed by atoms with Gasteiger partial charge in [0.1, 0.15) is 0 Å². The molecule has 0 aromatic heterocycles. The van der Waals surface area contributed by atoms with Crippen molar-refractivity contribution in [2.45, 2.75) is 27.7 Å². The highest BCUT2D eigenvalue weighted by Crippen LogP contribution is 2.27. The number of hydrogen-bond donors (Lipinski definition) is 0. The molecule has 1 rings (SSSR count). The highest BCUT2D eigenvalue weighted by molar-refractivity contribution is 5.05. The van der Waals surface area contributed by atoms with E-state index in [0.29, 0.717) is 11.3 Å². The maximum Gasteiger partial charge on any atom is 0.0602 e. The lowest BCUT2D eigenvalue weighted by Gasteiger charge is -2.44. The molecule has 1 aliphatic rings. The highest BCUT2D eigenvalue weighted by Gasteiger charge is 2.32. The van der Waals surface area contributed by atoms with Gasteiger partial charge in [-0.3, -0.25) is 4.90 Å². The van der Waals surface area contributed by atoms with Crippen molar-refractivity contribution in [3.63, 3.8) is 0 Å². The second kappa shape index (κ2) is 3.49. The van der Waals surface area contributed by atoms with Crippen LogP contribution in [0.5, 0.6) is 0 Å². The molecular weight excluding hydrogens is 146 g/mol. The largest absolute Gasteiger partial charge is 0.291 e. The summed E-state index contributed by atoms with van der Waals surface area (Å²) in [6, 6.07) is 0. The molecule has 0 N–H and O–H groups in total. The first-order valence-corrected chi connectivity index (χ1v) is 4.70. The molecule has 0 aliphatic carbocycles. The van der Waals surface area contributed by atoms with Crippen molar-refractivity contribution in [1.29, 1.82) is 0 Å². The fourth-order valence-corrected chi connectivity index (χ4v) is 1.64. The molecular formula is C11H19N. The predicted molar refractivity (Wildman–Crippen MR) is 52.8 cm³/mol. The maximum atomic E-state index is 3.20. The van der Waals surface area contributed by atoms with Crippen molar-refractivity contribution < 1.29 is 0 Å². The molecule has 1 saturated heterocycles. The zero-order chi connectivity index (χ0) is 9.19. The number of likely N-dealkylation sites (tertiary alicyclic amines) is 1. The van der Waals surface area contributed by atoms with Crippen LogP contribution in [0.15, 0.2) is 0 Å². The minimum absolute atomic E-state index is 0.513. The molecule has 1 fully saturated rings. The molecule has 68 valence electrons. The number of rotatable bonds is 1. The standard InChI is InChI=1S/C11H19N/c1-10(2)6-5-7-12-8-11(3,4)9-12/h10H,7-9H2,1-4H3. The molecule has 1 aliphatic heterocycles. The van der Waals surface area contributed by atoms with Gasteiger partial charge >= 0.3 is 0 Å². The van der Waals surface area contributed by atoms with Crippen LogP contribution in [0, 0.1) is 23.2 Å². The van der Waals surface area contributed by atoms with Crippen molar-refractivity contribution in [1.82, 2.24) is 4.90 Å². The Labute approximate surface area is 76.1 Å². The Morgan fingerprint density at radius 3 is 2.33 bits per heavy atom. The summed E-state index contributed by atoms with van der Waals surface area (Å²) >= 11 is 0. The van der Waals surface area contributed by atoms with Gasteiger partial charge in [-0.05, 0) is 5.41 Å². The minimum Gasteiger partial charge on any atom is -0.291 e. The van der Waals surface area contributed by atoms with Gasteiger partial charge in [0, 0.05) is 19.0 Å². The van der Waals surface area contributed by atoms with E-state index in [9.17, 15) is 0 Å². The van der Waals surface area contributed by atoms with Gasteiger partial charge in [0.15, 0.2) is 0 Å². The maximum absolute atomic E-state index is 3.20. The fourth-order valence-electron chi connectivity index (χ4n) is 1.64. The molecule has 0 amide bonds. The lowest BCUT2D eigenvalue weighted by molar-refractivity contribution is 0.0442. The Morgan fingerprint density at radius 1 is 1.33 bits per heavy atom. The van der Waals surface area contributed by atoms with Gasteiger partial charge in [0.2, 0.25) is 0 Å². The summed E-state index contributed by atoms with van der Waals surface area (Å²) in [6.45, 7) is 12.2. The molecule has 1 heterocycles. The minimum atomic E-state index is 0.513. The fraction of sp³-hybridized carbons (Fsp3) is 0.818. The van der Waals surface area contributed by atoms with Crippen LogP contribution in [0.3, 0.4) is 0 Å². The zero-order valence-electron chi connectivity index (χ0n) is 8.65. The van der Waals surface area contributed by atoms with Gasteiger partial charge in [-0.25, -0.2) is 0 Å². The van der Waals surface area contributed by atoms with E-state index in [-0.39, 0.29) is 0 Å². The first kappa shape index (κ1) is 9.61. The van der Waals surface area contributed by atoms with E-state index in [0.717, 1.165) is 6.54 Å². The molecule has 12 heavy (non-hydrogen) atoms. The number of hydrogen-bond acceptors (Lipinski definition) is 1. The quantitative estimate of drug-likeness (QED) is 0.537. The van der Waals surface area contributed by atoms with Crippen LogP contribution in [0.1, 0.15) is 27.7 Å². The zero-order valence-corrected chi connectivity index (χ0v) is 8.65. The smallest absolute Gasteiger partial charge is 0.0602 e. The van der Waals surface area contributed by atoms with Gasteiger partial charge in [-0.2, -0.15) is 0 Å². The third-order valence-electron chi connectivity index (χ3n) is 2.00. The van der Waals surface area contributed by atoms with Gasteiger partial charge in [0.05, 0.1) is 6.54 Å². The van der Waals surface area contributed by atoms with Crippen LogP contribution < -0.4 is 0 Å². The third-order valence-corrected chi connectivity index (χ3v) is 2.00. The van der Waals surface area contributed by atoms with Crippen molar-refractivity contribution in [3.05, 3.63) is 0 Å². The molecule has 0 radical (unpaired) electrons. The van der Waals surface area contributed by atoms with Crippen LogP contribution >= 0.6 is 0 Å². The SMILES string of the molecule is CC(C)C#CCN1CC(C)(C)C1. The van der Waals surface area contributed by atoms with Crippen molar-refractivity contribution >= 4 is 0 Å². The van der Waals surface area contributed by atoms with Crippen LogP contribution in [0.4, 0.5) is 0 Å². The second-order valence-electron chi connectivity index (χ2n) is 4.79. The summed E-state index contributed by atoms with van der Waals surface area (Å²) in [7, 11) is 0. The van der Waals surface area contributed by atoms with Crippen molar-refractivity contribution in [3.8, 4) is 11.8 Å². The summed E-state index contributed by atoms with van der Waals surface area (Å²) in [6.07, 6.45) is 0. The third kappa shape index (κ3) is 2.87. The first-order chi connectivity index (χ1) is 5.49.